The van der Waals surface area contributed by atoms with E-state index in [0.717, 1.165) is 18.7 Å². The van der Waals surface area contributed by atoms with Gasteiger partial charge in [0, 0.05) is 18.3 Å². The molecule has 1 heterocycles. The van der Waals surface area contributed by atoms with E-state index in [4.69, 9.17) is 0 Å². The van der Waals surface area contributed by atoms with Crippen LogP contribution in [0.5, 0.6) is 0 Å². The summed E-state index contributed by atoms with van der Waals surface area (Å²) in [6, 6.07) is 0.0129. The van der Waals surface area contributed by atoms with Crippen LogP contribution in [-0.4, -0.2) is 15.9 Å². The Labute approximate surface area is 95.9 Å². The first-order valence-corrected chi connectivity index (χ1v) is 5.84. The van der Waals surface area contributed by atoms with Gasteiger partial charge in [0.1, 0.15) is 5.82 Å². The second-order valence-electron chi connectivity index (χ2n) is 5.19. The van der Waals surface area contributed by atoms with E-state index >= 15 is 0 Å². The van der Waals surface area contributed by atoms with Crippen molar-refractivity contribution in [3.8, 4) is 0 Å². The molecule has 2 N–H and O–H groups in total. The molecule has 1 saturated carbocycles. The van der Waals surface area contributed by atoms with E-state index in [2.05, 4.69) is 29.1 Å². The van der Waals surface area contributed by atoms with Crippen LogP contribution in [0.3, 0.4) is 0 Å². The summed E-state index contributed by atoms with van der Waals surface area (Å²) in [7, 11) is 0. The van der Waals surface area contributed by atoms with E-state index in [9.17, 15) is 4.79 Å². The van der Waals surface area contributed by atoms with Gasteiger partial charge >= 0.3 is 0 Å². The zero-order chi connectivity index (χ0) is 11.8. The second-order valence-corrected chi connectivity index (χ2v) is 5.19. The first-order valence-electron chi connectivity index (χ1n) is 5.84. The zero-order valence-electron chi connectivity index (χ0n) is 10.1. The number of amides is 1. The summed E-state index contributed by atoms with van der Waals surface area (Å²) in [6.45, 7) is 6.31. The van der Waals surface area contributed by atoms with Gasteiger partial charge in [-0.05, 0) is 18.3 Å². The van der Waals surface area contributed by atoms with Crippen LogP contribution in [0.25, 0.3) is 0 Å². The summed E-state index contributed by atoms with van der Waals surface area (Å²) in [5.41, 5.74) is 0.186. The number of nitrogens with one attached hydrogen (secondary N) is 2. The maximum Gasteiger partial charge on any atom is 0.224 e. The number of aromatic nitrogens is 2. The molecule has 0 bridgehead atoms. The largest absolute Gasteiger partial charge is 0.347 e. The third-order valence-electron chi connectivity index (χ3n) is 3.40. The third-order valence-corrected chi connectivity index (χ3v) is 3.40. The van der Waals surface area contributed by atoms with Crippen LogP contribution in [0.2, 0.25) is 0 Å². The molecule has 4 heteroatoms. The van der Waals surface area contributed by atoms with E-state index in [1.165, 1.54) is 0 Å². The predicted molar refractivity (Wildman–Crippen MR) is 61.7 cm³/mol. The number of rotatable bonds is 4. The second kappa shape index (κ2) is 3.92. The fraction of sp³-hybridized carbons (Fsp3) is 0.667. The van der Waals surface area contributed by atoms with E-state index in [1.54, 1.807) is 12.4 Å². The molecule has 1 aromatic rings. The van der Waals surface area contributed by atoms with Gasteiger partial charge in [0.05, 0.1) is 6.04 Å². The van der Waals surface area contributed by atoms with Crippen LogP contribution in [0.4, 0.5) is 0 Å². The van der Waals surface area contributed by atoms with Gasteiger partial charge in [0.2, 0.25) is 5.91 Å². The topological polar surface area (TPSA) is 57.8 Å². The fourth-order valence-electron chi connectivity index (χ4n) is 2.02. The lowest BCUT2D eigenvalue weighted by molar-refractivity contribution is -0.123. The van der Waals surface area contributed by atoms with Crippen molar-refractivity contribution in [1.82, 2.24) is 15.3 Å². The highest BCUT2D eigenvalue weighted by atomic mass is 16.2. The Balaban J connectivity index is 1.96. The van der Waals surface area contributed by atoms with Gasteiger partial charge < -0.3 is 10.3 Å². The van der Waals surface area contributed by atoms with Crippen LogP contribution in [0, 0.1) is 11.3 Å². The lowest BCUT2D eigenvalue weighted by Gasteiger charge is -2.15. The highest BCUT2D eigenvalue weighted by Crippen LogP contribution is 2.51. The Hall–Kier alpha value is -1.32. The molecule has 16 heavy (non-hydrogen) atoms. The molecule has 1 aliphatic carbocycles. The summed E-state index contributed by atoms with van der Waals surface area (Å²) in [5.74, 6) is 1.18. The minimum atomic E-state index is 0.0129. The molecule has 2 unspecified atom stereocenters. The molecule has 88 valence electrons. The number of imidazole rings is 1. The first kappa shape index (κ1) is 11.2. The Kier molecular flexibility index (Phi) is 2.74. The maximum atomic E-state index is 11.9. The predicted octanol–water partition coefficient (Wildman–Crippen LogP) is 2.02. The average Bonchev–Trinajstić information content (AvgIpc) is 2.71. The highest BCUT2D eigenvalue weighted by molar-refractivity contribution is 5.82. The number of nitrogens with zero attached hydrogens (tertiary/aromatic N) is 1. The van der Waals surface area contributed by atoms with E-state index in [1.807, 2.05) is 6.92 Å². The van der Waals surface area contributed by atoms with Gasteiger partial charge in [-0.2, -0.15) is 0 Å². The average molecular weight is 221 g/mol. The molecule has 2 rings (SSSR count). The SMILES string of the molecule is CCC(NC(=O)C1CC1(C)C)c1ncc[nH]1. The number of carbonyl (C=O) groups is 1. The molecule has 4 nitrogen and oxygen atoms in total. The number of H-pyrrole nitrogens is 1. The van der Waals surface area contributed by atoms with Gasteiger partial charge in [-0.25, -0.2) is 4.98 Å². The lowest BCUT2D eigenvalue weighted by atomic mass is 10.1. The summed E-state index contributed by atoms with van der Waals surface area (Å²) in [4.78, 5) is 19.2. The van der Waals surface area contributed by atoms with Crippen LogP contribution >= 0.6 is 0 Å². The minimum Gasteiger partial charge on any atom is -0.347 e. The van der Waals surface area contributed by atoms with Crippen molar-refractivity contribution < 1.29 is 4.79 Å². The van der Waals surface area contributed by atoms with Crippen LogP contribution in [-0.2, 0) is 4.79 Å². The Morgan fingerprint density at radius 2 is 2.44 bits per heavy atom. The number of aromatic amines is 1. The highest BCUT2D eigenvalue weighted by Gasteiger charge is 2.50. The minimum absolute atomic E-state index is 0.0129. The molecular formula is C12H19N3O. The summed E-state index contributed by atoms with van der Waals surface area (Å²) >= 11 is 0. The van der Waals surface area contributed by atoms with Crippen molar-refractivity contribution in [3.63, 3.8) is 0 Å². The molecule has 0 spiro atoms. The van der Waals surface area contributed by atoms with Crippen molar-refractivity contribution in [3.05, 3.63) is 18.2 Å². The van der Waals surface area contributed by atoms with E-state index in [-0.39, 0.29) is 23.3 Å². The van der Waals surface area contributed by atoms with Gasteiger partial charge in [-0.1, -0.05) is 20.8 Å². The third kappa shape index (κ3) is 2.10. The van der Waals surface area contributed by atoms with Gasteiger partial charge in [-0.3, -0.25) is 4.79 Å². The first-order chi connectivity index (χ1) is 7.54. The van der Waals surface area contributed by atoms with E-state index in [0.29, 0.717) is 0 Å². The molecule has 0 saturated heterocycles. The monoisotopic (exact) mass is 221 g/mol. The maximum absolute atomic E-state index is 11.9. The number of hydrogen-bond acceptors (Lipinski definition) is 2. The molecular weight excluding hydrogens is 202 g/mol. The van der Waals surface area contributed by atoms with Crippen molar-refractivity contribution >= 4 is 5.91 Å². The van der Waals surface area contributed by atoms with Crippen molar-refractivity contribution in [2.24, 2.45) is 11.3 Å². The van der Waals surface area contributed by atoms with Gasteiger partial charge in [0.15, 0.2) is 0 Å². The molecule has 1 aliphatic rings. The lowest BCUT2D eigenvalue weighted by Crippen LogP contribution is -2.31. The molecule has 0 aromatic carbocycles. The van der Waals surface area contributed by atoms with Crippen LogP contribution in [0.1, 0.15) is 45.5 Å². The molecule has 1 amide bonds. The molecule has 0 aliphatic heterocycles. The Morgan fingerprint density at radius 1 is 1.75 bits per heavy atom. The van der Waals surface area contributed by atoms with Crippen LogP contribution < -0.4 is 5.32 Å². The fourth-order valence-corrected chi connectivity index (χ4v) is 2.02. The Bertz CT molecular complexity index is 370. The van der Waals surface area contributed by atoms with Gasteiger partial charge in [-0.15, -0.1) is 0 Å². The van der Waals surface area contributed by atoms with Crippen molar-refractivity contribution in [1.29, 1.82) is 0 Å². The normalized spacial score (nSPS) is 23.8. The Morgan fingerprint density at radius 3 is 2.88 bits per heavy atom. The smallest absolute Gasteiger partial charge is 0.224 e. The molecule has 2 atom stereocenters. The summed E-state index contributed by atoms with van der Waals surface area (Å²) in [6.07, 6.45) is 5.34. The van der Waals surface area contributed by atoms with E-state index < -0.39 is 0 Å². The summed E-state index contributed by atoms with van der Waals surface area (Å²) < 4.78 is 0. The van der Waals surface area contributed by atoms with Crippen molar-refractivity contribution in [2.45, 2.75) is 39.7 Å². The number of hydrogen-bond donors (Lipinski definition) is 2. The molecule has 0 radical (unpaired) electrons. The quantitative estimate of drug-likeness (QED) is 0.817. The van der Waals surface area contributed by atoms with Crippen LogP contribution in [0.15, 0.2) is 12.4 Å². The molecule has 1 aromatic heterocycles. The van der Waals surface area contributed by atoms with Crippen molar-refractivity contribution in [2.75, 3.05) is 0 Å². The number of carbonyl (C=O) groups excluding carboxylic acids is 1. The standard InChI is InChI=1S/C12H19N3O/c1-4-9(10-13-5-6-14-10)15-11(16)8-7-12(8,2)3/h5-6,8-9H,4,7H2,1-3H3,(H,13,14)(H,15,16). The van der Waals surface area contributed by atoms with Gasteiger partial charge in [0.25, 0.3) is 0 Å². The zero-order valence-corrected chi connectivity index (χ0v) is 10.1. The molecule has 1 fully saturated rings. The summed E-state index contributed by atoms with van der Waals surface area (Å²) in [5, 5.41) is 3.05.